The molecular formula is C14H21N3. The molecule has 0 aromatic heterocycles. The smallest absolute Gasteiger partial charge is 0.196 e. The first kappa shape index (κ1) is 12.0. The zero-order valence-corrected chi connectivity index (χ0v) is 10.5. The molecule has 17 heavy (non-hydrogen) atoms. The number of hydrogen-bond donors (Lipinski definition) is 1. The van der Waals surface area contributed by atoms with Crippen LogP contribution in [-0.4, -0.2) is 18.5 Å². The second-order valence-corrected chi connectivity index (χ2v) is 4.56. The largest absolute Gasteiger partial charge is 0.370 e. The Hall–Kier alpha value is -1.51. The third-order valence-electron chi connectivity index (χ3n) is 2.94. The van der Waals surface area contributed by atoms with Gasteiger partial charge in [-0.2, -0.15) is 0 Å². The highest BCUT2D eigenvalue weighted by molar-refractivity contribution is 5.94. The van der Waals surface area contributed by atoms with Crippen LogP contribution in [0.3, 0.4) is 0 Å². The minimum absolute atomic E-state index is 0.475. The average Bonchev–Trinajstić information content (AvgIpc) is 3.15. The second-order valence-electron chi connectivity index (χ2n) is 4.56. The van der Waals surface area contributed by atoms with Gasteiger partial charge in [-0.15, -0.1) is 0 Å². The van der Waals surface area contributed by atoms with E-state index in [1.165, 1.54) is 19.3 Å². The van der Waals surface area contributed by atoms with E-state index in [4.69, 9.17) is 5.73 Å². The number of rotatable bonds is 5. The summed E-state index contributed by atoms with van der Waals surface area (Å²) in [5.74, 6) is 0.673. The van der Waals surface area contributed by atoms with Gasteiger partial charge in [0, 0.05) is 12.2 Å². The lowest BCUT2D eigenvalue weighted by atomic mass is 10.2. The standard InChI is InChI=1S/C14H21N3/c1-2-3-11-17(13-7-5-4-6-8-13)14(15)16-12-9-10-12/h4-8,12H,2-3,9-11H2,1H3,(H2,15,16). The van der Waals surface area contributed by atoms with Gasteiger partial charge in [0.15, 0.2) is 5.96 Å². The Morgan fingerprint density at radius 2 is 2.06 bits per heavy atom. The molecule has 1 aliphatic carbocycles. The van der Waals surface area contributed by atoms with Crippen LogP contribution in [0.2, 0.25) is 0 Å². The molecule has 0 unspecified atom stereocenters. The highest BCUT2D eigenvalue weighted by Gasteiger charge is 2.22. The van der Waals surface area contributed by atoms with E-state index in [0.29, 0.717) is 12.0 Å². The Balaban J connectivity index is 2.12. The molecule has 0 spiro atoms. The first-order chi connectivity index (χ1) is 8.31. The lowest BCUT2D eigenvalue weighted by molar-refractivity contribution is 0.789. The summed E-state index contributed by atoms with van der Waals surface area (Å²) in [6, 6.07) is 10.8. The molecule has 1 aliphatic rings. The zero-order chi connectivity index (χ0) is 12.1. The molecule has 0 radical (unpaired) electrons. The number of guanidine groups is 1. The van der Waals surface area contributed by atoms with Crippen LogP contribution in [0.5, 0.6) is 0 Å². The molecule has 1 aromatic carbocycles. The molecule has 92 valence electrons. The van der Waals surface area contributed by atoms with Gasteiger partial charge in [0.1, 0.15) is 0 Å². The number of nitrogens with two attached hydrogens (primary N) is 1. The maximum Gasteiger partial charge on any atom is 0.196 e. The summed E-state index contributed by atoms with van der Waals surface area (Å²) >= 11 is 0. The van der Waals surface area contributed by atoms with Crippen molar-refractivity contribution in [2.24, 2.45) is 10.7 Å². The summed E-state index contributed by atoms with van der Waals surface area (Å²) in [6.07, 6.45) is 4.68. The summed E-state index contributed by atoms with van der Waals surface area (Å²) in [4.78, 5) is 6.67. The molecule has 0 aliphatic heterocycles. The third-order valence-corrected chi connectivity index (χ3v) is 2.94. The number of hydrogen-bond acceptors (Lipinski definition) is 1. The van der Waals surface area contributed by atoms with Crippen LogP contribution < -0.4 is 10.6 Å². The zero-order valence-electron chi connectivity index (χ0n) is 10.5. The van der Waals surface area contributed by atoms with Gasteiger partial charge in [0.05, 0.1) is 6.04 Å². The van der Waals surface area contributed by atoms with Crippen LogP contribution >= 0.6 is 0 Å². The molecule has 0 bridgehead atoms. The van der Waals surface area contributed by atoms with E-state index in [0.717, 1.165) is 18.7 Å². The maximum absolute atomic E-state index is 6.11. The summed E-state index contributed by atoms with van der Waals surface area (Å²) in [5, 5.41) is 0. The second kappa shape index (κ2) is 5.71. The fraction of sp³-hybridized carbons (Fsp3) is 0.500. The Kier molecular flexibility index (Phi) is 4.02. The number of aliphatic imine (C=N–C) groups is 1. The quantitative estimate of drug-likeness (QED) is 0.625. The number of unbranched alkanes of at least 4 members (excludes halogenated alkanes) is 1. The van der Waals surface area contributed by atoms with E-state index in [9.17, 15) is 0 Å². The molecule has 1 saturated carbocycles. The van der Waals surface area contributed by atoms with Gasteiger partial charge in [-0.25, -0.2) is 4.99 Å². The predicted molar refractivity (Wildman–Crippen MR) is 73.3 cm³/mol. The lowest BCUT2D eigenvalue weighted by Crippen LogP contribution is -2.38. The predicted octanol–water partition coefficient (Wildman–Crippen LogP) is 2.77. The fourth-order valence-corrected chi connectivity index (χ4v) is 1.76. The van der Waals surface area contributed by atoms with Crippen molar-refractivity contribution in [2.75, 3.05) is 11.4 Å². The molecule has 2 N–H and O–H groups in total. The van der Waals surface area contributed by atoms with Gasteiger partial charge >= 0.3 is 0 Å². The molecule has 0 saturated heterocycles. The van der Waals surface area contributed by atoms with Crippen molar-refractivity contribution in [2.45, 2.75) is 38.6 Å². The van der Waals surface area contributed by atoms with Crippen molar-refractivity contribution in [1.29, 1.82) is 0 Å². The summed E-state index contributed by atoms with van der Waals surface area (Å²) in [6.45, 7) is 3.14. The van der Waals surface area contributed by atoms with Crippen LogP contribution in [0.4, 0.5) is 5.69 Å². The van der Waals surface area contributed by atoms with E-state index >= 15 is 0 Å². The van der Waals surface area contributed by atoms with Crippen molar-refractivity contribution in [1.82, 2.24) is 0 Å². The topological polar surface area (TPSA) is 41.6 Å². The van der Waals surface area contributed by atoms with Crippen LogP contribution in [0.25, 0.3) is 0 Å². The number of benzene rings is 1. The maximum atomic E-state index is 6.11. The van der Waals surface area contributed by atoms with E-state index in [1.54, 1.807) is 0 Å². The van der Waals surface area contributed by atoms with Gasteiger partial charge < -0.3 is 10.6 Å². The Labute approximate surface area is 103 Å². The molecular weight excluding hydrogens is 210 g/mol. The molecule has 3 nitrogen and oxygen atoms in total. The lowest BCUT2D eigenvalue weighted by Gasteiger charge is -2.23. The monoisotopic (exact) mass is 231 g/mol. The van der Waals surface area contributed by atoms with Crippen molar-refractivity contribution in [3.05, 3.63) is 30.3 Å². The normalized spacial score (nSPS) is 15.9. The van der Waals surface area contributed by atoms with Crippen LogP contribution in [0.15, 0.2) is 35.3 Å². The minimum Gasteiger partial charge on any atom is -0.370 e. The first-order valence-electron chi connectivity index (χ1n) is 6.47. The van der Waals surface area contributed by atoms with E-state index < -0.39 is 0 Å². The van der Waals surface area contributed by atoms with E-state index in [2.05, 4.69) is 28.9 Å². The van der Waals surface area contributed by atoms with Gasteiger partial charge in [0.25, 0.3) is 0 Å². The summed E-state index contributed by atoms with van der Waals surface area (Å²) < 4.78 is 0. The summed E-state index contributed by atoms with van der Waals surface area (Å²) in [7, 11) is 0. The van der Waals surface area contributed by atoms with Crippen molar-refractivity contribution in [3.63, 3.8) is 0 Å². The Bertz CT molecular complexity index is 368. The number of nitrogens with zero attached hydrogens (tertiary/aromatic N) is 2. The molecule has 0 atom stereocenters. The van der Waals surface area contributed by atoms with E-state index in [1.807, 2.05) is 18.2 Å². The molecule has 1 aromatic rings. The van der Waals surface area contributed by atoms with E-state index in [-0.39, 0.29) is 0 Å². The molecule has 1 fully saturated rings. The first-order valence-corrected chi connectivity index (χ1v) is 6.47. The highest BCUT2D eigenvalue weighted by Crippen LogP contribution is 2.24. The van der Waals surface area contributed by atoms with Crippen molar-refractivity contribution < 1.29 is 0 Å². The molecule has 3 heteroatoms. The van der Waals surface area contributed by atoms with Crippen LogP contribution in [0.1, 0.15) is 32.6 Å². The van der Waals surface area contributed by atoms with Crippen LogP contribution in [-0.2, 0) is 0 Å². The Morgan fingerprint density at radius 1 is 1.35 bits per heavy atom. The summed E-state index contributed by atoms with van der Waals surface area (Å²) in [5.41, 5.74) is 7.25. The van der Waals surface area contributed by atoms with Gasteiger partial charge in [-0.3, -0.25) is 0 Å². The third kappa shape index (κ3) is 3.48. The molecule has 0 heterocycles. The highest BCUT2D eigenvalue weighted by atomic mass is 15.3. The average molecular weight is 231 g/mol. The van der Waals surface area contributed by atoms with Gasteiger partial charge in [-0.1, -0.05) is 31.5 Å². The fourth-order valence-electron chi connectivity index (χ4n) is 1.76. The molecule has 2 rings (SSSR count). The van der Waals surface area contributed by atoms with Crippen molar-refractivity contribution in [3.8, 4) is 0 Å². The van der Waals surface area contributed by atoms with Crippen LogP contribution in [0, 0.1) is 0 Å². The minimum atomic E-state index is 0.475. The van der Waals surface area contributed by atoms with Crippen molar-refractivity contribution >= 4 is 11.6 Å². The number of para-hydroxylation sites is 1. The number of anilines is 1. The van der Waals surface area contributed by atoms with Gasteiger partial charge in [0.2, 0.25) is 0 Å². The molecule has 0 amide bonds. The SMILES string of the molecule is CCCCN(C(N)=NC1CC1)c1ccccc1. The Morgan fingerprint density at radius 3 is 2.65 bits per heavy atom. The van der Waals surface area contributed by atoms with Gasteiger partial charge in [-0.05, 0) is 31.4 Å².